The third-order valence-corrected chi connectivity index (χ3v) is 6.71. The second-order valence-electron chi connectivity index (χ2n) is 4.43. The monoisotopic (exact) mass is 423 g/mol. The number of rotatable bonds is 6. The number of sulfonamides is 1. The van der Waals surface area contributed by atoms with Gasteiger partial charge in [-0.15, -0.1) is 11.3 Å². The molecule has 1 heterocycles. The molecule has 0 N–H and O–H groups in total. The van der Waals surface area contributed by atoms with Gasteiger partial charge >= 0.3 is 0 Å². The van der Waals surface area contributed by atoms with Crippen LogP contribution >= 0.6 is 38.9 Å². The van der Waals surface area contributed by atoms with Crippen molar-refractivity contribution in [3.05, 3.63) is 44.0 Å². The minimum atomic E-state index is -3.66. The van der Waals surface area contributed by atoms with Crippen molar-refractivity contribution in [2.24, 2.45) is 0 Å². The first-order valence-electron chi connectivity index (χ1n) is 6.46. The largest absolute Gasteiger partial charge is 0.495 e. The molecule has 1 aromatic heterocycles. The SMILES string of the molecule is CCN(Cc1ccc(Cl)s1)S(=O)(=O)c1cc(Br)ccc1OC. The van der Waals surface area contributed by atoms with Crippen LogP contribution < -0.4 is 4.74 Å². The highest BCUT2D eigenvalue weighted by Crippen LogP contribution is 2.31. The Bertz CT molecular complexity index is 761. The Morgan fingerprint density at radius 3 is 2.59 bits per heavy atom. The van der Waals surface area contributed by atoms with Crippen molar-refractivity contribution in [3.8, 4) is 5.75 Å². The third kappa shape index (κ3) is 3.83. The maximum atomic E-state index is 12.9. The van der Waals surface area contributed by atoms with Gasteiger partial charge in [-0.1, -0.05) is 34.5 Å². The van der Waals surface area contributed by atoms with E-state index >= 15 is 0 Å². The van der Waals surface area contributed by atoms with E-state index < -0.39 is 10.0 Å². The summed E-state index contributed by atoms with van der Waals surface area (Å²) in [6.07, 6.45) is 0. The molecule has 0 fully saturated rings. The van der Waals surface area contributed by atoms with E-state index in [1.54, 1.807) is 31.2 Å². The molecular weight excluding hydrogens is 410 g/mol. The summed E-state index contributed by atoms with van der Waals surface area (Å²) >= 11 is 10.6. The minimum absolute atomic E-state index is 0.147. The van der Waals surface area contributed by atoms with Gasteiger partial charge in [-0.05, 0) is 30.3 Å². The molecule has 0 aliphatic heterocycles. The molecule has 0 amide bonds. The quantitative estimate of drug-likeness (QED) is 0.691. The lowest BCUT2D eigenvalue weighted by atomic mass is 10.3. The topological polar surface area (TPSA) is 46.6 Å². The van der Waals surface area contributed by atoms with Crippen LogP contribution in [-0.2, 0) is 16.6 Å². The molecule has 120 valence electrons. The lowest BCUT2D eigenvalue weighted by Crippen LogP contribution is -2.30. The lowest BCUT2D eigenvalue weighted by Gasteiger charge is -2.21. The number of ether oxygens (including phenoxy) is 1. The Morgan fingerprint density at radius 1 is 1.32 bits per heavy atom. The highest BCUT2D eigenvalue weighted by molar-refractivity contribution is 9.10. The molecule has 0 aliphatic carbocycles. The summed E-state index contributed by atoms with van der Waals surface area (Å²) in [5.41, 5.74) is 0. The highest BCUT2D eigenvalue weighted by Gasteiger charge is 2.27. The van der Waals surface area contributed by atoms with E-state index in [1.807, 2.05) is 6.07 Å². The van der Waals surface area contributed by atoms with Crippen molar-refractivity contribution in [2.75, 3.05) is 13.7 Å². The molecule has 4 nitrogen and oxygen atoms in total. The van der Waals surface area contributed by atoms with Crippen LogP contribution in [0.25, 0.3) is 0 Å². The van der Waals surface area contributed by atoms with Crippen molar-refractivity contribution in [1.82, 2.24) is 4.31 Å². The van der Waals surface area contributed by atoms with Crippen molar-refractivity contribution in [3.63, 3.8) is 0 Å². The van der Waals surface area contributed by atoms with E-state index in [0.29, 0.717) is 21.1 Å². The van der Waals surface area contributed by atoms with Crippen LogP contribution in [0.15, 0.2) is 39.7 Å². The Morgan fingerprint density at radius 2 is 2.05 bits per heavy atom. The smallest absolute Gasteiger partial charge is 0.247 e. The van der Waals surface area contributed by atoms with Gasteiger partial charge in [0.25, 0.3) is 0 Å². The molecule has 0 atom stereocenters. The Kier molecular flexibility index (Phi) is 5.90. The van der Waals surface area contributed by atoms with Gasteiger partial charge in [-0.3, -0.25) is 0 Å². The van der Waals surface area contributed by atoms with Crippen LogP contribution in [0.1, 0.15) is 11.8 Å². The first kappa shape index (κ1) is 17.7. The predicted octanol–water partition coefficient (Wildman–Crippen LogP) is 4.38. The number of methoxy groups -OCH3 is 1. The zero-order chi connectivity index (χ0) is 16.3. The fourth-order valence-electron chi connectivity index (χ4n) is 1.97. The molecule has 0 radical (unpaired) electrons. The van der Waals surface area contributed by atoms with E-state index in [0.717, 1.165) is 4.88 Å². The zero-order valence-corrected chi connectivity index (χ0v) is 16.0. The summed E-state index contributed by atoms with van der Waals surface area (Å²) in [4.78, 5) is 1.04. The number of nitrogens with zero attached hydrogens (tertiary/aromatic N) is 1. The van der Waals surface area contributed by atoms with Crippen molar-refractivity contribution in [1.29, 1.82) is 0 Å². The third-order valence-electron chi connectivity index (χ3n) is 3.06. The fraction of sp³-hybridized carbons (Fsp3) is 0.286. The molecule has 0 saturated heterocycles. The van der Waals surface area contributed by atoms with Gasteiger partial charge < -0.3 is 4.74 Å². The first-order valence-corrected chi connectivity index (χ1v) is 9.89. The summed E-state index contributed by atoms with van der Waals surface area (Å²) in [6, 6.07) is 8.53. The van der Waals surface area contributed by atoms with E-state index in [9.17, 15) is 8.42 Å². The molecule has 22 heavy (non-hydrogen) atoms. The molecule has 2 rings (SSSR count). The molecule has 8 heteroatoms. The number of benzene rings is 1. The van der Waals surface area contributed by atoms with Gasteiger partial charge in [0.05, 0.1) is 11.4 Å². The molecule has 0 saturated carbocycles. The van der Waals surface area contributed by atoms with Crippen LogP contribution in [0, 0.1) is 0 Å². The van der Waals surface area contributed by atoms with Crippen molar-refractivity contribution < 1.29 is 13.2 Å². The van der Waals surface area contributed by atoms with Gasteiger partial charge in [-0.25, -0.2) is 8.42 Å². The van der Waals surface area contributed by atoms with E-state index in [4.69, 9.17) is 16.3 Å². The molecule has 0 aliphatic rings. The van der Waals surface area contributed by atoms with Gasteiger partial charge in [0.15, 0.2) is 0 Å². The summed E-state index contributed by atoms with van der Waals surface area (Å²) < 4.78 is 33.7. The number of thiophene rings is 1. The molecule has 0 bridgehead atoms. The van der Waals surface area contributed by atoms with Crippen molar-refractivity contribution in [2.45, 2.75) is 18.4 Å². The zero-order valence-electron chi connectivity index (χ0n) is 12.0. The van der Waals surface area contributed by atoms with Crippen LogP contribution in [0.3, 0.4) is 0 Å². The first-order chi connectivity index (χ1) is 10.4. The van der Waals surface area contributed by atoms with Gasteiger partial charge in [0.2, 0.25) is 10.0 Å². The number of hydrogen-bond acceptors (Lipinski definition) is 4. The van der Waals surface area contributed by atoms with E-state index in [-0.39, 0.29) is 11.4 Å². The maximum absolute atomic E-state index is 12.9. The van der Waals surface area contributed by atoms with Gasteiger partial charge in [0.1, 0.15) is 10.6 Å². The molecule has 1 aromatic carbocycles. The number of hydrogen-bond donors (Lipinski definition) is 0. The number of halogens is 2. The summed E-state index contributed by atoms with van der Waals surface area (Å²) in [5, 5.41) is 0. The Balaban J connectivity index is 2.40. The second-order valence-corrected chi connectivity index (χ2v) is 9.05. The minimum Gasteiger partial charge on any atom is -0.495 e. The molecule has 0 unspecified atom stereocenters. The van der Waals surface area contributed by atoms with Crippen molar-refractivity contribution >= 4 is 48.9 Å². The van der Waals surface area contributed by atoms with Crippen LogP contribution in [0.5, 0.6) is 5.75 Å². The van der Waals surface area contributed by atoms with E-state index in [1.165, 1.54) is 22.8 Å². The second kappa shape index (κ2) is 7.31. The fourth-order valence-corrected chi connectivity index (χ4v) is 5.27. The van der Waals surface area contributed by atoms with E-state index in [2.05, 4.69) is 15.9 Å². The van der Waals surface area contributed by atoms with Gasteiger partial charge in [0, 0.05) is 22.4 Å². The Labute approximate surface area is 147 Å². The average Bonchev–Trinajstić information content (AvgIpc) is 2.89. The predicted molar refractivity (Wildman–Crippen MR) is 93.3 cm³/mol. The van der Waals surface area contributed by atoms with Crippen LogP contribution in [-0.4, -0.2) is 26.4 Å². The summed E-state index contributed by atoms with van der Waals surface area (Å²) in [7, 11) is -2.21. The summed E-state index contributed by atoms with van der Waals surface area (Å²) in [6.45, 7) is 2.44. The standard InChI is InChI=1S/C14H15BrClNO3S2/c1-3-17(9-11-5-7-14(16)21-11)22(18,19)13-8-10(15)4-6-12(13)20-2/h4-8H,3,9H2,1-2H3. The average molecular weight is 425 g/mol. The molecule has 2 aromatic rings. The highest BCUT2D eigenvalue weighted by atomic mass is 79.9. The normalized spacial score (nSPS) is 11.9. The maximum Gasteiger partial charge on any atom is 0.247 e. The molecule has 0 spiro atoms. The Hall–Kier alpha value is -0.600. The summed E-state index contributed by atoms with van der Waals surface area (Å²) in [5.74, 6) is 0.325. The molecular formula is C14H15BrClNO3S2. The lowest BCUT2D eigenvalue weighted by molar-refractivity contribution is 0.392. The van der Waals surface area contributed by atoms with Gasteiger partial charge in [-0.2, -0.15) is 4.31 Å². The van der Waals surface area contributed by atoms with Crippen LogP contribution in [0.2, 0.25) is 4.34 Å². The van der Waals surface area contributed by atoms with Crippen LogP contribution in [0.4, 0.5) is 0 Å².